The first-order valence-electron chi connectivity index (χ1n) is 8.12. The van der Waals surface area contributed by atoms with Crippen molar-refractivity contribution in [2.24, 2.45) is 0 Å². The number of carbonyl (C=O) groups is 1. The maximum Gasteiger partial charge on any atom is 0.233 e. The van der Waals surface area contributed by atoms with E-state index in [1.165, 1.54) is 11.1 Å². The van der Waals surface area contributed by atoms with Crippen molar-refractivity contribution in [2.75, 3.05) is 0 Å². The van der Waals surface area contributed by atoms with Crippen LogP contribution in [0.25, 0.3) is 0 Å². The summed E-state index contributed by atoms with van der Waals surface area (Å²) in [6, 6.07) is 18.9. The fourth-order valence-electron chi connectivity index (χ4n) is 2.33. The van der Waals surface area contributed by atoms with Crippen molar-refractivity contribution in [3.8, 4) is 0 Å². The lowest BCUT2D eigenvalue weighted by atomic mass is 10.1. The molecule has 2 aromatic rings. The highest BCUT2D eigenvalue weighted by Gasteiger charge is 2.16. The number of hydrogen-bond donors (Lipinski definition) is 1. The SMILES string of the molecule is Cc1ccc(S[C@@H](C)C(=O)N[C@@H](C)CCc2ccccc2)cc1. The largest absolute Gasteiger partial charge is 0.353 e. The van der Waals surface area contributed by atoms with Crippen LogP contribution in [0, 0.1) is 6.92 Å². The molecule has 0 aliphatic rings. The van der Waals surface area contributed by atoms with Crippen LogP contribution in [0.5, 0.6) is 0 Å². The molecule has 0 spiro atoms. The molecule has 0 heterocycles. The summed E-state index contributed by atoms with van der Waals surface area (Å²) >= 11 is 1.60. The first-order chi connectivity index (χ1) is 11.0. The maximum absolute atomic E-state index is 12.3. The van der Waals surface area contributed by atoms with Gasteiger partial charge in [-0.3, -0.25) is 4.79 Å². The Morgan fingerprint density at radius 2 is 1.70 bits per heavy atom. The number of amides is 1. The van der Waals surface area contributed by atoms with E-state index < -0.39 is 0 Å². The predicted octanol–water partition coefficient (Wildman–Crippen LogP) is 4.61. The second kappa shape index (κ2) is 8.78. The first-order valence-corrected chi connectivity index (χ1v) is 9.00. The van der Waals surface area contributed by atoms with Gasteiger partial charge in [-0.1, -0.05) is 48.0 Å². The summed E-state index contributed by atoms with van der Waals surface area (Å²) in [6.07, 6.45) is 1.94. The second-order valence-electron chi connectivity index (χ2n) is 6.01. The Kier molecular flexibility index (Phi) is 6.72. The van der Waals surface area contributed by atoms with Gasteiger partial charge in [0.25, 0.3) is 0 Å². The van der Waals surface area contributed by atoms with Crippen LogP contribution in [0.3, 0.4) is 0 Å². The average Bonchev–Trinajstić information content (AvgIpc) is 2.56. The summed E-state index contributed by atoms with van der Waals surface area (Å²) in [6.45, 7) is 6.10. The topological polar surface area (TPSA) is 29.1 Å². The van der Waals surface area contributed by atoms with Crippen molar-refractivity contribution < 1.29 is 4.79 Å². The molecule has 1 N–H and O–H groups in total. The van der Waals surface area contributed by atoms with Gasteiger partial charge in [-0.25, -0.2) is 0 Å². The molecule has 0 unspecified atom stereocenters. The lowest BCUT2D eigenvalue weighted by Gasteiger charge is -2.17. The van der Waals surface area contributed by atoms with Crippen molar-refractivity contribution in [3.05, 3.63) is 65.7 Å². The van der Waals surface area contributed by atoms with Crippen molar-refractivity contribution in [1.82, 2.24) is 5.32 Å². The third kappa shape index (κ3) is 6.11. The molecule has 2 atom stereocenters. The lowest BCUT2D eigenvalue weighted by molar-refractivity contribution is -0.120. The van der Waals surface area contributed by atoms with Gasteiger partial charge < -0.3 is 5.32 Å². The first kappa shape index (κ1) is 17.6. The Morgan fingerprint density at radius 1 is 1.04 bits per heavy atom. The minimum Gasteiger partial charge on any atom is -0.353 e. The Morgan fingerprint density at radius 3 is 2.35 bits per heavy atom. The van der Waals surface area contributed by atoms with Crippen LogP contribution in [0.4, 0.5) is 0 Å². The van der Waals surface area contributed by atoms with Crippen molar-refractivity contribution in [2.45, 2.75) is 49.8 Å². The fourth-order valence-corrected chi connectivity index (χ4v) is 3.21. The molecule has 122 valence electrons. The molecule has 0 aliphatic carbocycles. The molecule has 2 aromatic carbocycles. The van der Waals surface area contributed by atoms with Crippen LogP contribution in [0.2, 0.25) is 0 Å². The predicted molar refractivity (Wildman–Crippen MR) is 98.9 cm³/mol. The molecule has 1 amide bonds. The molecule has 2 nitrogen and oxygen atoms in total. The highest BCUT2D eigenvalue weighted by atomic mass is 32.2. The fraction of sp³-hybridized carbons (Fsp3) is 0.350. The molecule has 23 heavy (non-hydrogen) atoms. The Hall–Kier alpha value is -1.74. The van der Waals surface area contributed by atoms with E-state index in [-0.39, 0.29) is 17.2 Å². The number of hydrogen-bond acceptors (Lipinski definition) is 2. The van der Waals surface area contributed by atoms with E-state index in [9.17, 15) is 4.79 Å². The monoisotopic (exact) mass is 327 g/mol. The molecule has 0 radical (unpaired) electrons. The van der Waals surface area contributed by atoms with E-state index in [4.69, 9.17) is 0 Å². The molecule has 0 aliphatic heterocycles. The molecule has 0 aromatic heterocycles. The normalized spacial score (nSPS) is 13.3. The van der Waals surface area contributed by atoms with E-state index in [1.807, 2.05) is 13.0 Å². The molecule has 0 bridgehead atoms. The molecule has 0 fully saturated rings. The van der Waals surface area contributed by atoms with Crippen LogP contribution in [-0.2, 0) is 11.2 Å². The van der Waals surface area contributed by atoms with Gasteiger partial charge in [-0.2, -0.15) is 0 Å². The van der Waals surface area contributed by atoms with Gasteiger partial charge >= 0.3 is 0 Å². The zero-order valence-corrected chi connectivity index (χ0v) is 14.9. The summed E-state index contributed by atoms with van der Waals surface area (Å²) in [5.74, 6) is 0.108. The Bertz CT molecular complexity index is 609. The van der Waals surface area contributed by atoms with Crippen LogP contribution in [-0.4, -0.2) is 17.2 Å². The maximum atomic E-state index is 12.3. The zero-order chi connectivity index (χ0) is 16.7. The molecular formula is C20H25NOS. The highest BCUT2D eigenvalue weighted by Crippen LogP contribution is 2.23. The Labute approximate surface area is 143 Å². The van der Waals surface area contributed by atoms with Gasteiger partial charge in [-0.15, -0.1) is 11.8 Å². The molecule has 0 saturated heterocycles. The number of rotatable bonds is 7. The van der Waals surface area contributed by atoms with Crippen LogP contribution < -0.4 is 5.32 Å². The van der Waals surface area contributed by atoms with Crippen LogP contribution in [0.15, 0.2) is 59.5 Å². The summed E-state index contributed by atoms with van der Waals surface area (Å²) in [5, 5.41) is 3.04. The van der Waals surface area contributed by atoms with Gasteiger partial charge in [0.05, 0.1) is 5.25 Å². The minimum atomic E-state index is -0.0862. The number of benzene rings is 2. The smallest absolute Gasteiger partial charge is 0.233 e. The van der Waals surface area contributed by atoms with Crippen molar-refractivity contribution >= 4 is 17.7 Å². The van der Waals surface area contributed by atoms with E-state index in [1.54, 1.807) is 11.8 Å². The van der Waals surface area contributed by atoms with Gasteiger partial charge in [0.15, 0.2) is 0 Å². The third-order valence-corrected chi connectivity index (χ3v) is 4.91. The van der Waals surface area contributed by atoms with Gasteiger partial charge in [0.2, 0.25) is 5.91 Å². The van der Waals surface area contributed by atoms with E-state index in [0.29, 0.717) is 0 Å². The van der Waals surface area contributed by atoms with E-state index in [0.717, 1.165) is 17.7 Å². The molecule has 2 rings (SSSR count). The number of aryl methyl sites for hydroxylation is 2. The lowest BCUT2D eigenvalue weighted by Crippen LogP contribution is -2.37. The van der Waals surface area contributed by atoms with Crippen molar-refractivity contribution in [1.29, 1.82) is 0 Å². The summed E-state index contributed by atoms with van der Waals surface area (Å²) in [4.78, 5) is 13.4. The summed E-state index contributed by atoms with van der Waals surface area (Å²) < 4.78 is 0. The highest BCUT2D eigenvalue weighted by molar-refractivity contribution is 8.00. The number of carbonyl (C=O) groups excluding carboxylic acids is 1. The van der Waals surface area contributed by atoms with Crippen molar-refractivity contribution in [3.63, 3.8) is 0 Å². The van der Waals surface area contributed by atoms with Gasteiger partial charge in [-0.05, 0) is 51.3 Å². The van der Waals surface area contributed by atoms with E-state index >= 15 is 0 Å². The number of thioether (sulfide) groups is 1. The molecular weight excluding hydrogens is 302 g/mol. The third-order valence-electron chi connectivity index (χ3n) is 3.80. The Balaban J connectivity index is 1.77. The van der Waals surface area contributed by atoms with Gasteiger partial charge in [0.1, 0.15) is 0 Å². The summed E-state index contributed by atoms with van der Waals surface area (Å²) in [5.41, 5.74) is 2.55. The quantitative estimate of drug-likeness (QED) is 0.752. The zero-order valence-electron chi connectivity index (χ0n) is 14.1. The average molecular weight is 327 g/mol. The van der Waals surface area contributed by atoms with Crippen LogP contribution in [0.1, 0.15) is 31.4 Å². The van der Waals surface area contributed by atoms with Gasteiger partial charge in [0, 0.05) is 10.9 Å². The summed E-state index contributed by atoms with van der Waals surface area (Å²) in [7, 11) is 0. The standard InChI is InChI=1S/C20H25NOS/c1-15-9-13-19(14-10-15)23-17(3)20(22)21-16(2)11-12-18-7-5-4-6-8-18/h4-10,13-14,16-17H,11-12H2,1-3H3,(H,21,22)/t16-,17-/m0/s1. The second-order valence-corrected chi connectivity index (χ2v) is 7.42. The molecule has 3 heteroatoms. The van der Waals surface area contributed by atoms with E-state index in [2.05, 4.69) is 67.7 Å². The molecule has 0 saturated carbocycles. The van der Waals surface area contributed by atoms with Crippen LogP contribution >= 0.6 is 11.8 Å². The minimum absolute atomic E-state index is 0.0862. The number of nitrogens with one attached hydrogen (secondary N) is 1.